The highest BCUT2D eigenvalue weighted by molar-refractivity contribution is 5.73. The SMILES string of the molecule is C=C(/C=C/c1ccc(CN(CCNC(=C)Cc2ccccc2)CCC2=CCc3ccccc32)cc1)NN. The third kappa shape index (κ3) is 8.07. The largest absolute Gasteiger partial charge is 0.387 e. The minimum absolute atomic E-state index is 0.680. The van der Waals surface area contributed by atoms with Gasteiger partial charge in [-0.25, -0.2) is 0 Å². The van der Waals surface area contributed by atoms with E-state index < -0.39 is 0 Å². The van der Waals surface area contributed by atoms with Crippen molar-refractivity contribution < 1.29 is 0 Å². The zero-order chi connectivity index (χ0) is 25.9. The Morgan fingerprint density at radius 2 is 1.65 bits per heavy atom. The first-order valence-electron chi connectivity index (χ1n) is 13.0. The van der Waals surface area contributed by atoms with E-state index in [1.165, 1.54) is 27.8 Å². The van der Waals surface area contributed by atoms with Crippen LogP contribution in [-0.4, -0.2) is 24.5 Å². The number of hydrogen-bond acceptors (Lipinski definition) is 4. The molecule has 0 amide bonds. The number of nitrogens with zero attached hydrogens (tertiary/aromatic N) is 1. The molecule has 0 fully saturated rings. The summed E-state index contributed by atoms with van der Waals surface area (Å²) < 4.78 is 0. The van der Waals surface area contributed by atoms with Gasteiger partial charge in [-0.05, 0) is 52.3 Å². The molecule has 0 aliphatic heterocycles. The molecular weight excluding hydrogens is 452 g/mol. The molecule has 4 N–H and O–H groups in total. The smallest absolute Gasteiger partial charge is 0.0413 e. The minimum Gasteiger partial charge on any atom is -0.387 e. The first-order chi connectivity index (χ1) is 18.1. The van der Waals surface area contributed by atoms with Gasteiger partial charge >= 0.3 is 0 Å². The van der Waals surface area contributed by atoms with Crippen LogP contribution in [0.2, 0.25) is 0 Å². The van der Waals surface area contributed by atoms with Gasteiger partial charge in [0.25, 0.3) is 0 Å². The summed E-state index contributed by atoms with van der Waals surface area (Å²) in [4.78, 5) is 2.54. The minimum atomic E-state index is 0.680. The van der Waals surface area contributed by atoms with Crippen LogP contribution in [0.15, 0.2) is 116 Å². The Balaban J connectivity index is 1.35. The van der Waals surface area contributed by atoms with Crippen LogP contribution in [0.5, 0.6) is 0 Å². The Hall–Kier alpha value is -3.86. The fraction of sp³-hybridized carbons (Fsp3) is 0.212. The molecule has 3 aromatic carbocycles. The average Bonchev–Trinajstić information content (AvgIpc) is 3.34. The van der Waals surface area contributed by atoms with Crippen molar-refractivity contribution in [2.24, 2.45) is 5.84 Å². The van der Waals surface area contributed by atoms with Gasteiger partial charge in [0.2, 0.25) is 0 Å². The lowest BCUT2D eigenvalue weighted by Gasteiger charge is -2.24. The molecule has 4 heteroatoms. The Kier molecular flexibility index (Phi) is 9.53. The van der Waals surface area contributed by atoms with Crippen LogP contribution in [0, 0.1) is 0 Å². The number of nitrogens with one attached hydrogen (secondary N) is 2. The number of nitrogens with two attached hydrogens (primary N) is 1. The van der Waals surface area contributed by atoms with Gasteiger partial charge in [0.05, 0.1) is 0 Å². The molecule has 1 aliphatic rings. The van der Waals surface area contributed by atoms with E-state index in [0.717, 1.165) is 56.7 Å². The molecule has 3 aromatic rings. The summed E-state index contributed by atoms with van der Waals surface area (Å²) in [7, 11) is 0. The van der Waals surface area contributed by atoms with E-state index in [9.17, 15) is 0 Å². The van der Waals surface area contributed by atoms with Gasteiger partial charge in [-0.3, -0.25) is 10.7 Å². The zero-order valence-electron chi connectivity index (χ0n) is 21.6. The highest BCUT2D eigenvalue weighted by Gasteiger charge is 2.15. The van der Waals surface area contributed by atoms with Crippen LogP contribution in [0.3, 0.4) is 0 Å². The second kappa shape index (κ2) is 13.4. The van der Waals surface area contributed by atoms with Gasteiger partial charge in [0.1, 0.15) is 0 Å². The third-order valence-electron chi connectivity index (χ3n) is 6.74. The maximum absolute atomic E-state index is 5.39. The molecule has 0 heterocycles. The monoisotopic (exact) mass is 490 g/mol. The van der Waals surface area contributed by atoms with Gasteiger partial charge in [0, 0.05) is 44.0 Å². The predicted octanol–water partition coefficient (Wildman–Crippen LogP) is 5.85. The second-order valence-corrected chi connectivity index (χ2v) is 9.55. The fourth-order valence-corrected chi connectivity index (χ4v) is 4.67. The van der Waals surface area contributed by atoms with Gasteiger partial charge in [0.15, 0.2) is 0 Å². The highest BCUT2D eigenvalue weighted by atomic mass is 15.2. The van der Waals surface area contributed by atoms with E-state index in [0.29, 0.717) is 5.70 Å². The van der Waals surface area contributed by atoms with E-state index in [1.807, 2.05) is 18.2 Å². The van der Waals surface area contributed by atoms with Crippen LogP contribution >= 0.6 is 0 Å². The number of hydrogen-bond donors (Lipinski definition) is 3. The van der Waals surface area contributed by atoms with Gasteiger partial charge in [-0.15, -0.1) is 0 Å². The Labute approximate surface area is 221 Å². The van der Waals surface area contributed by atoms with Crippen LogP contribution in [0.4, 0.5) is 0 Å². The summed E-state index contributed by atoms with van der Waals surface area (Å²) >= 11 is 0. The summed E-state index contributed by atoms with van der Waals surface area (Å²) in [5, 5.41) is 3.55. The van der Waals surface area contributed by atoms with Crippen molar-refractivity contribution in [1.82, 2.24) is 15.6 Å². The van der Waals surface area contributed by atoms with E-state index in [-0.39, 0.29) is 0 Å². The topological polar surface area (TPSA) is 53.3 Å². The molecule has 0 unspecified atom stereocenters. The third-order valence-corrected chi connectivity index (χ3v) is 6.74. The number of hydrazine groups is 1. The number of rotatable bonds is 14. The Morgan fingerprint density at radius 1 is 0.892 bits per heavy atom. The Bertz CT molecular complexity index is 1240. The van der Waals surface area contributed by atoms with E-state index >= 15 is 0 Å². The molecule has 0 saturated carbocycles. The van der Waals surface area contributed by atoms with Crippen molar-refractivity contribution in [3.8, 4) is 0 Å². The van der Waals surface area contributed by atoms with Crippen molar-refractivity contribution >= 4 is 11.6 Å². The normalized spacial score (nSPS) is 12.4. The summed E-state index contributed by atoms with van der Waals surface area (Å²) in [6.07, 6.45) is 9.24. The standard InChI is InChI=1S/C33H38N4/c1-26(36-34)12-13-28-14-16-30(17-15-28)25-37(22-20-32-19-18-31-10-6-7-11-33(31)32)23-21-35-27(2)24-29-8-4-3-5-9-29/h3-17,19,35-36H,1-2,18,20-25,34H2/b13-12+. The first kappa shape index (κ1) is 26.2. The van der Waals surface area contributed by atoms with Crippen molar-refractivity contribution in [2.45, 2.75) is 25.8 Å². The lowest BCUT2D eigenvalue weighted by atomic mass is 10.0. The van der Waals surface area contributed by atoms with E-state index in [4.69, 9.17) is 5.84 Å². The van der Waals surface area contributed by atoms with Crippen LogP contribution in [-0.2, 0) is 19.4 Å². The number of benzene rings is 3. The average molecular weight is 491 g/mol. The predicted molar refractivity (Wildman–Crippen MR) is 157 cm³/mol. The van der Waals surface area contributed by atoms with Gasteiger partial charge < -0.3 is 10.7 Å². The summed E-state index contributed by atoms with van der Waals surface area (Å²) in [5.74, 6) is 5.39. The van der Waals surface area contributed by atoms with Crippen LogP contribution < -0.4 is 16.6 Å². The van der Waals surface area contributed by atoms with Crippen molar-refractivity contribution in [3.63, 3.8) is 0 Å². The molecule has 0 radical (unpaired) electrons. The molecule has 4 rings (SSSR count). The molecule has 0 bridgehead atoms. The quantitative estimate of drug-likeness (QED) is 0.151. The van der Waals surface area contributed by atoms with Crippen molar-refractivity contribution in [1.29, 1.82) is 0 Å². The summed E-state index contributed by atoms with van der Waals surface area (Å²) in [5.41, 5.74) is 12.3. The van der Waals surface area contributed by atoms with Crippen molar-refractivity contribution in [3.05, 3.63) is 143 Å². The molecule has 1 aliphatic carbocycles. The molecule has 0 saturated heterocycles. The maximum atomic E-state index is 5.39. The Morgan fingerprint density at radius 3 is 2.43 bits per heavy atom. The fourth-order valence-electron chi connectivity index (χ4n) is 4.67. The molecule has 0 aromatic heterocycles. The molecule has 0 spiro atoms. The molecule has 190 valence electrons. The highest BCUT2D eigenvalue weighted by Crippen LogP contribution is 2.29. The lowest BCUT2D eigenvalue weighted by Crippen LogP contribution is -2.32. The van der Waals surface area contributed by atoms with Crippen LogP contribution in [0.25, 0.3) is 11.6 Å². The molecule has 0 atom stereocenters. The van der Waals surface area contributed by atoms with E-state index in [1.54, 1.807) is 0 Å². The summed E-state index contributed by atoms with van der Waals surface area (Å²) in [6, 6.07) is 28.0. The summed E-state index contributed by atoms with van der Waals surface area (Å²) in [6.45, 7) is 11.8. The van der Waals surface area contributed by atoms with Crippen LogP contribution in [0.1, 0.15) is 34.2 Å². The zero-order valence-corrected chi connectivity index (χ0v) is 21.6. The second-order valence-electron chi connectivity index (χ2n) is 9.55. The number of allylic oxidation sites excluding steroid dienone is 3. The molecule has 4 nitrogen and oxygen atoms in total. The maximum Gasteiger partial charge on any atom is 0.0413 e. The van der Waals surface area contributed by atoms with Gasteiger partial charge in [-0.2, -0.15) is 0 Å². The molecule has 37 heavy (non-hydrogen) atoms. The lowest BCUT2D eigenvalue weighted by molar-refractivity contribution is 0.274. The first-order valence-corrected chi connectivity index (χ1v) is 13.0. The molecular formula is C33H38N4. The van der Waals surface area contributed by atoms with Gasteiger partial charge in [-0.1, -0.05) is 104 Å². The van der Waals surface area contributed by atoms with E-state index in [2.05, 4.69) is 108 Å². The van der Waals surface area contributed by atoms with Crippen molar-refractivity contribution in [2.75, 3.05) is 19.6 Å². The number of fused-ring (bicyclic) bond motifs is 1.